The zero-order valence-electron chi connectivity index (χ0n) is 18.3. The van der Waals surface area contributed by atoms with Gasteiger partial charge in [-0.1, -0.05) is 13.8 Å². The third-order valence-corrected chi connectivity index (χ3v) is 6.00. The molecule has 0 aliphatic carbocycles. The van der Waals surface area contributed by atoms with Crippen LogP contribution in [-0.2, 0) is 0 Å². The molecule has 2 aromatic rings. The minimum absolute atomic E-state index is 0.0326. The van der Waals surface area contributed by atoms with E-state index in [1.165, 1.54) is 13.2 Å². The van der Waals surface area contributed by atoms with Gasteiger partial charge in [-0.2, -0.15) is 13.2 Å². The van der Waals surface area contributed by atoms with Crippen molar-refractivity contribution in [1.29, 1.82) is 0 Å². The summed E-state index contributed by atoms with van der Waals surface area (Å²) in [7, 11) is 1.47. The lowest BCUT2D eigenvalue weighted by Gasteiger charge is -2.35. The van der Waals surface area contributed by atoms with E-state index in [1.807, 2.05) is 13.8 Å². The Balaban J connectivity index is 1.97. The lowest BCUT2D eigenvalue weighted by atomic mass is 9.95. The third-order valence-electron chi connectivity index (χ3n) is 6.00. The van der Waals surface area contributed by atoms with Gasteiger partial charge in [-0.05, 0) is 30.9 Å². The van der Waals surface area contributed by atoms with E-state index in [0.29, 0.717) is 22.3 Å². The van der Waals surface area contributed by atoms with Crippen LogP contribution in [0.4, 0.5) is 18.9 Å². The molecular formula is C22H28F3N3O4. The Kier molecular flexibility index (Phi) is 7.02. The minimum Gasteiger partial charge on any atom is -0.497 e. The highest BCUT2D eigenvalue weighted by atomic mass is 19.4. The first-order chi connectivity index (χ1) is 15.0. The summed E-state index contributed by atoms with van der Waals surface area (Å²) in [4.78, 5) is 29.9. The van der Waals surface area contributed by atoms with Gasteiger partial charge in [-0.15, -0.1) is 0 Å². The van der Waals surface area contributed by atoms with Crippen molar-refractivity contribution in [1.82, 2.24) is 10.3 Å². The standard InChI is InChI=1S/C22H28F3N3O4/c1-12(2)17(11-29)26-20(30)16-9-13-8-15(32-3)10-18(19(13)27-21(16)31)28-6-4-14(5-7-28)22(23,24)25/h8-10,12,14,17,29H,4-7,11H2,1-3H3,(H,26,30)(H,27,31)/t17-/m0/s1. The van der Waals surface area contributed by atoms with Crippen molar-refractivity contribution >= 4 is 22.5 Å². The van der Waals surface area contributed by atoms with E-state index in [9.17, 15) is 27.9 Å². The summed E-state index contributed by atoms with van der Waals surface area (Å²) in [5.74, 6) is -1.53. The maximum absolute atomic E-state index is 13.0. The Morgan fingerprint density at radius 1 is 1.28 bits per heavy atom. The predicted molar refractivity (Wildman–Crippen MR) is 115 cm³/mol. The molecule has 1 atom stereocenters. The molecule has 10 heteroatoms. The van der Waals surface area contributed by atoms with E-state index >= 15 is 0 Å². The van der Waals surface area contributed by atoms with E-state index in [2.05, 4.69) is 10.3 Å². The van der Waals surface area contributed by atoms with Gasteiger partial charge in [0.2, 0.25) is 0 Å². The van der Waals surface area contributed by atoms with Crippen molar-refractivity contribution in [2.75, 3.05) is 31.7 Å². The molecule has 1 saturated heterocycles. The minimum atomic E-state index is -4.22. The molecule has 3 rings (SSSR count). The summed E-state index contributed by atoms with van der Waals surface area (Å²) in [6.07, 6.45) is -4.29. The lowest BCUT2D eigenvalue weighted by molar-refractivity contribution is -0.179. The van der Waals surface area contributed by atoms with Crippen molar-refractivity contribution < 1.29 is 27.8 Å². The van der Waals surface area contributed by atoms with Crippen LogP contribution in [0.25, 0.3) is 10.9 Å². The summed E-state index contributed by atoms with van der Waals surface area (Å²) in [5, 5.41) is 12.6. The number of anilines is 1. The highest BCUT2D eigenvalue weighted by Gasteiger charge is 2.41. The Morgan fingerprint density at radius 2 is 1.94 bits per heavy atom. The molecule has 1 aliphatic heterocycles. The Bertz CT molecular complexity index is 1030. The molecule has 0 unspecified atom stereocenters. The number of aromatic nitrogens is 1. The summed E-state index contributed by atoms with van der Waals surface area (Å²) >= 11 is 0. The fraction of sp³-hybridized carbons (Fsp3) is 0.545. The maximum Gasteiger partial charge on any atom is 0.391 e. The lowest BCUT2D eigenvalue weighted by Crippen LogP contribution is -2.43. The fourth-order valence-electron chi connectivity index (χ4n) is 3.93. The number of ether oxygens (including phenoxy) is 1. The van der Waals surface area contributed by atoms with Crippen LogP contribution in [0.1, 0.15) is 37.0 Å². The molecule has 176 valence electrons. The van der Waals surface area contributed by atoms with Gasteiger partial charge in [-0.3, -0.25) is 9.59 Å². The van der Waals surface area contributed by atoms with Crippen LogP contribution < -0.4 is 20.5 Å². The number of methoxy groups -OCH3 is 1. The topological polar surface area (TPSA) is 94.7 Å². The number of aromatic amines is 1. The number of aliphatic hydroxyl groups is 1. The molecular weight excluding hydrogens is 427 g/mol. The molecule has 1 amide bonds. The number of hydrogen-bond acceptors (Lipinski definition) is 5. The number of piperidine rings is 1. The predicted octanol–water partition coefficient (Wildman–Crippen LogP) is 3.06. The molecule has 1 aliphatic rings. The van der Waals surface area contributed by atoms with Crippen molar-refractivity contribution in [2.45, 2.75) is 38.9 Å². The second kappa shape index (κ2) is 9.40. The van der Waals surface area contributed by atoms with Gasteiger partial charge in [-0.25, -0.2) is 0 Å². The van der Waals surface area contributed by atoms with E-state index in [4.69, 9.17) is 4.74 Å². The number of pyridine rings is 1. The number of halogens is 3. The number of nitrogens with zero attached hydrogens (tertiary/aromatic N) is 1. The van der Waals surface area contributed by atoms with Gasteiger partial charge in [0.15, 0.2) is 0 Å². The number of H-pyrrole nitrogens is 1. The third kappa shape index (κ3) is 5.01. The van der Waals surface area contributed by atoms with Crippen LogP contribution in [0.2, 0.25) is 0 Å². The molecule has 1 aromatic heterocycles. The van der Waals surface area contributed by atoms with E-state index in [-0.39, 0.29) is 44.0 Å². The number of hydrogen-bond donors (Lipinski definition) is 3. The maximum atomic E-state index is 13.0. The largest absolute Gasteiger partial charge is 0.497 e. The normalized spacial score (nSPS) is 16.4. The molecule has 3 N–H and O–H groups in total. The number of benzene rings is 1. The van der Waals surface area contributed by atoms with Gasteiger partial charge in [0.1, 0.15) is 11.3 Å². The van der Waals surface area contributed by atoms with E-state index < -0.39 is 29.6 Å². The first-order valence-electron chi connectivity index (χ1n) is 10.5. The summed E-state index contributed by atoms with van der Waals surface area (Å²) in [6.45, 7) is 3.78. The Hall–Kier alpha value is -2.75. The van der Waals surface area contributed by atoms with Gasteiger partial charge >= 0.3 is 6.18 Å². The highest BCUT2D eigenvalue weighted by molar-refractivity contribution is 6.00. The number of rotatable bonds is 6. The molecule has 0 radical (unpaired) electrons. The van der Waals surface area contributed by atoms with Crippen LogP contribution in [0, 0.1) is 11.8 Å². The molecule has 7 nitrogen and oxygen atoms in total. The molecule has 0 bridgehead atoms. The average Bonchev–Trinajstić information content (AvgIpc) is 2.75. The number of carbonyl (C=O) groups excluding carboxylic acids is 1. The van der Waals surface area contributed by atoms with Crippen molar-refractivity contribution in [3.05, 3.63) is 34.1 Å². The molecule has 0 spiro atoms. The summed E-state index contributed by atoms with van der Waals surface area (Å²) < 4.78 is 44.5. The summed E-state index contributed by atoms with van der Waals surface area (Å²) in [6, 6.07) is 4.26. The quantitative estimate of drug-likeness (QED) is 0.623. The van der Waals surface area contributed by atoms with Gasteiger partial charge < -0.3 is 25.0 Å². The number of alkyl halides is 3. The first kappa shape index (κ1) is 23.9. The second-order valence-electron chi connectivity index (χ2n) is 8.43. The van der Waals surface area contributed by atoms with Crippen molar-refractivity contribution in [2.24, 2.45) is 11.8 Å². The summed E-state index contributed by atoms with van der Waals surface area (Å²) in [5.41, 5.74) is 0.249. The number of nitrogens with one attached hydrogen (secondary N) is 2. The van der Waals surface area contributed by atoms with E-state index in [1.54, 1.807) is 17.0 Å². The zero-order valence-corrected chi connectivity index (χ0v) is 18.3. The number of aliphatic hydroxyl groups excluding tert-OH is 1. The molecule has 32 heavy (non-hydrogen) atoms. The van der Waals surface area contributed by atoms with Gasteiger partial charge in [0.25, 0.3) is 11.5 Å². The van der Waals surface area contributed by atoms with Gasteiger partial charge in [0.05, 0.1) is 36.9 Å². The number of carbonyl (C=O) groups is 1. The Morgan fingerprint density at radius 3 is 2.47 bits per heavy atom. The number of fused-ring (bicyclic) bond motifs is 1. The number of amides is 1. The molecule has 0 saturated carbocycles. The SMILES string of the molecule is COc1cc(N2CCC(C(F)(F)F)CC2)c2[nH]c(=O)c(C(=O)N[C@@H](CO)C(C)C)cc2c1. The van der Waals surface area contributed by atoms with Gasteiger partial charge in [0, 0.05) is 24.5 Å². The van der Waals surface area contributed by atoms with Crippen LogP contribution >= 0.6 is 0 Å². The second-order valence-corrected chi connectivity index (χ2v) is 8.43. The molecule has 2 heterocycles. The van der Waals surface area contributed by atoms with Crippen LogP contribution in [0.5, 0.6) is 5.75 Å². The Labute approximate surface area is 183 Å². The highest BCUT2D eigenvalue weighted by Crippen LogP contribution is 2.38. The monoisotopic (exact) mass is 455 g/mol. The van der Waals surface area contributed by atoms with Crippen LogP contribution in [0.3, 0.4) is 0 Å². The smallest absolute Gasteiger partial charge is 0.391 e. The zero-order chi connectivity index (χ0) is 23.6. The van der Waals surface area contributed by atoms with Crippen molar-refractivity contribution in [3.8, 4) is 5.75 Å². The van der Waals surface area contributed by atoms with Crippen LogP contribution in [-0.4, -0.2) is 55.0 Å². The van der Waals surface area contributed by atoms with Crippen LogP contribution in [0.15, 0.2) is 23.0 Å². The fourth-order valence-corrected chi connectivity index (χ4v) is 3.93. The molecule has 1 aromatic carbocycles. The molecule has 1 fully saturated rings. The first-order valence-corrected chi connectivity index (χ1v) is 10.5. The average molecular weight is 455 g/mol. The van der Waals surface area contributed by atoms with Crippen molar-refractivity contribution in [3.63, 3.8) is 0 Å². The van der Waals surface area contributed by atoms with E-state index in [0.717, 1.165) is 0 Å².